The highest BCUT2D eigenvalue weighted by molar-refractivity contribution is 7.89. The minimum absolute atomic E-state index is 0.180. The molecule has 112 valence electrons. The number of nitriles is 1. The molecule has 1 atom stereocenters. The molecule has 0 bridgehead atoms. The number of rotatable bonds is 3. The van der Waals surface area contributed by atoms with Crippen molar-refractivity contribution < 1.29 is 17.7 Å². The Kier molecular flexibility index (Phi) is 4.20. The molecule has 1 saturated heterocycles. The zero-order chi connectivity index (χ0) is 15.6. The fourth-order valence-electron chi connectivity index (χ4n) is 2.25. The molecule has 1 heterocycles. The van der Waals surface area contributed by atoms with Gasteiger partial charge >= 0.3 is 5.69 Å². The highest BCUT2D eigenvalue weighted by atomic mass is 32.2. The number of halogens is 1. The predicted molar refractivity (Wildman–Crippen MR) is 70.2 cm³/mol. The van der Waals surface area contributed by atoms with Crippen LogP contribution in [0.25, 0.3) is 0 Å². The van der Waals surface area contributed by atoms with Gasteiger partial charge in [-0.1, -0.05) is 0 Å². The maximum absolute atomic E-state index is 13.6. The summed E-state index contributed by atoms with van der Waals surface area (Å²) >= 11 is 0. The lowest BCUT2D eigenvalue weighted by Gasteiger charge is -2.30. The SMILES string of the molecule is N#CC1CCCCN1S(=O)(=O)c1ccc([N+](=O)[O-])c(F)c1. The molecule has 2 rings (SSSR count). The van der Waals surface area contributed by atoms with Crippen LogP contribution in [0.15, 0.2) is 23.1 Å². The van der Waals surface area contributed by atoms with Crippen molar-refractivity contribution in [3.8, 4) is 6.07 Å². The number of hydrogen-bond acceptors (Lipinski definition) is 5. The van der Waals surface area contributed by atoms with Crippen LogP contribution in [0.3, 0.4) is 0 Å². The Morgan fingerprint density at radius 2 is 2.14 bits per heavy atom. The van der Waals surface area contributed by atoms with Gasteiger partial charge in [-0.15, -0.1) is 0 Å². The van der Waals surface area contributed by atoms with E-state index in [-0.39, 0.29) is 11.4 Å². The van der Waals surface area contributed by atoms with Gasteiger partial charge in [-0.2, -0.15) is 14.0 Å². The topological polar surface area (TPSA) is 104 Å². The van der Waals surface area contributed by atoms with E-state index in [4.69, 9.17) is 5.26 Å². The van der Waals surface area contributed by atoms with E-state index in [0.29, 0.717) is 18.9 Å². The molecule has 0 radical (unpaired) electrons. The first-order chi connectivity index (χ1) is 9.87. The highest BCUT2D eigenvalue weighted by Crippen LogP contribution is 2.27. The van der Waals surface area contributed by atoms with Crippen LogP contribution in [0.5, 0.6) is 0 Å². The number of piperidine rings is 1. The molecule has 0 saturated carbocycles. The Bertz CT molecular complexity index is 714. The van der Waals surface area contributed by atoms with Gasteiger partial charge in [0.15, 0.2) is 0 Å². The van der Waals surface area contributed by atoms with Crippen molar-refractivity contribution in [2.45, 2.75) is 30.2 Å². The second-order valence-electron chi connectivity index (χ2n) is 4.63. The Morgan fingerprint density at radius 1 is 1.43 bits per heavy atom. The number of nitro groups is 1. The highest BCUT2D eigenvalue weighted by Gasteiger charge is 2.34. The second kappa shape index (κ2) is 5.75. The number of sulfonamides is 1. The number of hydrogen-bond donors (Lipinski definition) is 0. The van der Waals surface area contributed by atoms with Crippen molar-refractivity contribution in [3.05, 3.63) is 34.1 Å². The first-order valence-corrected chi connectivity index (χ1v) is 7.67. The Labute approximate surface area is 120 Å². The van der Waals surface area contributed by atoms with Gasteiger partial charge in [0.25, 0.3) is 0 Å². The van der Waals surface area contributed by atoms with Gasteiger partial charge in [0.05, 0.1) is 15.9 Å². The molecule has 0 N–H and O–H groups in total. The number of nitro benzene ring substituents is 1. The van der Waals surface area contributed by atoms with Crippen LogP contribution in [0, 0.1) is 27.3 Å². The Morgan fingerprint density at radius 3 is 2.71 bits per heavy atom. The predicted octanol–water partition coefficient (Wildman–Crippen LogP) is 1.80. The van der Waals surface area contributed by atoms with Crippen molar-refractivity contribution >= 4 is 15.7 Å². The third-order valence-electron chi connectivity index (χ3n) is 3.33. The molecule has 1 aliphatic heterocycles. The summed E-state index contributed by atoms with van der Waals surface area (Å²) in [5.74, 6) is -1.22. The number of benzene rings is 1. The maximum atomic E-state index is 13.6. The van der Waals surface area contributed by atoms with Gasteiger partial charge < -0.3 is 0 Å². The molecule has 21 heavy (non-hydrogen) atoms. The van der Waals surface area contributed by atoms with Gasteiger partial charge in [-0.25, -0.2) is 8.42 Å². The van der Waals surface area contributed by atoms with Crippen LogP contribution < -0.4 is 0 Å². The van der Waals surface area contributed by atoms with Gasteiger partial charge in [-0.05, 0) is 25.3 Å². The van der Waals surface area contributed by atoms with Gasteiger partial charge in [0, 0.05) is 18.7 Å². The van der Waals surface area contributed by atoms with Crippen LogP contribution in [-0.4, -0.2) is 30.2 Å². The first kappa shape index (κ1) is 15.3. The normalized spacial score (nSPS) is 19.9. The Balaban J connectivity index is 2.42. The molecule has 0 spiro atoms. The van der Waals surface area contributed by atoms with Crippen LogP contribution in [-0.2, 0) is 10.0 Å². The smallest absolute Gasteiger partial charge is 0.258 e. The molecule has 1 aliphatic rings. The molecule has 1 unspecified atom stereocenters. The zero-order valence-corrected chi connectivity index (χ0v) is 11.7. The second-order valence-corrected chi connectivity index (χ2v) is 6.52. The third kappa shape index (κ3) is 2.86. The molecule has 0 amide bonds. The van der Waals surface area contributed by atoms with Crippen molar-refractivity contribution in [2.24, 2.45) is 0 Å². The fourth-order valence-corrected chi connectivity index (χ4v) is 3.87. The molecular formula is C12H12FN3O4S. The van der Waals surface area contributed by atoms with E-state index in [1.807, 2.05) is 6.07 Å². The lowest BCUT2D eigenvalue weighted by atomic mass is 10.1. The van der Waals surface area contributed by atoms with Gasteiger partial charge in [-0.3, -0.25) is 10.1 Å². The summed E-state index contributed by atoms with van der Waals surface area (Å²) in [6.07, 6.45) is 1.79. The molecular weight excluding hydrogens is 301 g/mol. The summed E-state index contributed by atoms with van der Waals surface area (Å²) in [4.78, 5) is 9.24. The fraction of sp³-hybridized carbons (Fsp3) is 0.417. The van der Waals surface area contributed by atoms with Crippen LogP contribution in [0.2, 0.25) is 0 Å². The summed E-state index contributed by atoms with van der Waals surface area (Å²) in [7, 11) is -4.04. The third-order valence-corrected chi connectivity index (χ3v) is 5.23. The monoisotopic (exact) mass is 313 g/mol. The average Bonchev–Trinajstić information content (AvgIpc) is 2.46. The standard InChI is InChI=1S/C12H12FN3O4S/c13-11-7-10(4-5-12(11)16(17)18)21(19,20)15-6-2-1-3-9(15)8-14/h4-5,7,9H,1-3,6H2. The summed E-state index contributed by atoms with van der Waals surface area (Å²) in [5.41, 5.74) is -0.788. The summed E-state index contributed by atoms with van der Waals surface area (Å²) in [6, 6.07) is 3.55. The summed E-state index contributed by atoms with van der Waals surface area (Å²) in [5, 5.41) is 19.6. The van der Waals surface area contributed by atoms with E-state index in [9.17, 15) is 22.9 Å². The van der Waals surface area contributed by atoms with Crippen LogP contribution in [0.4, 0.5) is 10.1 Å². The molecule has 0 aliphatic carbocycles. The summed E-state index contributed by atoms with van der Waals surface area (Å²) in [6.45, 7) is 0.180. The van der Waals surface area contributed by atoms with E-state index < -0.39 is 32.5 Å². The molecule has 1 aromatic rings. The maximum Gasteiger partial charge on any atom is 0.304 e. The van der Waals surface area contributed by atoms with Crippen molar-refractivity contribution in [1.82, 2.24) is 4.31 Å². The van der Waals surface area contributed by atoms with Gasteiger partial charge in [0.1, 0.15) is 6.04 Å². The summed E-state index contributed by atoms with van der Waals surface area (Å²) < 4.78 is 39.5. The van der Waals surface area contributed by atoms with Crippen molar-refractivity contribution in [1.29, 1.82) is 5.26 Å². The largest absolute Gasteiger partial charge is 0.304 e. The number of nitrogens with zero attached hydrogens (tertiary/aromatic N) is 3. The van der Waals surface area contributed by atoms with Gasteiger partial charge in [0.2, 0.25) is 15.8 Å². The quantitative estimate of drug-likeness (QED) is 0.625. The lowest BCUT2D eigenvalue weighted by Crippen LogP contribution is -2.42. The van der Waals surface area contributed by atoms with E-state index in [0.717, 1.165) is 22.9 Å². The van der Waals surface area contributed by atoms with E-state index in [1.165, 1.54) is 0 Å². The minimum atomic E-state index is -4.04. The van der Waals surface area contributed by atoms with E-state index >= 15 is 0 Å². The lowest BCUT2D eigenvalue weighted by molar-refractivity contribution is -0.387. The van der Waals surface area contributed by atoms with Crippen molar-refractivity contribution in [2.75, 3.05) is 6.54 Å². The zero-order valence-electron chi connectivity index (χ0n) is 10.9. The van der Waals surface area contributed by atoms with E-state index in [1.54, 1.807) is 0 Å². The van der Waals surface area contributed by atoms with E-state index in [2.05, 4.69) is 0 Å². The molecule has 7 nitrogen and oxygen atoms in total. The molecule has 1 fully saturated rings. The average molecular weight is 313 g/mol. The van der Waals surface area contributed by atoms with Crippen LogP contribution in [0.1, 0.15) is 19.3 Å². The molecule has 1 aromatic carbocycles. The van der Waals surface area contributed by atoms with Crippen molar-refractivity contribution in [3.63, 3.8) is 0 Å². The Hall–Kier alpha value is -2.05. The molecule has 9 heteroatoms. The molecule has 0 aromatic heterocycles. The minimum Gasteiger partial charge on any atom is -0.258 e. The van der Waals surface area contributed by atoms with Crippen LogP contribution >= 0.6 is 0 Å². The first-order valence-electron chi connectivity index (χ1n) is 6.23.